The number of para-hydroxylation sites is 1. The number of nitrogens with zero attached hydrogens (tertiary/aromatic N) is 2. The molecule has 8 heteroatoms. The number of aromatic amines is 1. The number of carbonyl (C=O) groups is 2. The van der Waals surface area contributed by atoms with Gasteiger partial charge in [0.15, 0.2) is 6.61 Å². The molecule has 0 unspecified atom stereocenters. The number of nitrogens with one attached hydrogen (secondary N) is 2. The number of methoxy groups -OCH3 is 1. The summed E-state index contributed by atoms with van der Waals surface area (Å²) in [6.07, 6.45) is 0. The van der Waals surface area contributed by atoms with Crippen molar-refractivity contribution in [3.05, 3.63) is 83.4 Å². The second-order valence-electron chi connectivity index (χ2n) is 8.46. The predicted molar refractivity (Wildman–Crippen MR) is 138 cm³/mol. The molecule has 8 nitrogen and oxygen atoms in total. The van der Waals surface area contributed by atoms with E-state index in [4.69, 9.17) is 9.72 Å². The lowest BCUT2D eigenvalue weighted by atomic mass is 10.0. The number of amides is 1. The van der Waals surface area contributed by atoms with Crippen molar-refractivity contribution in [1.29, 1.82) is 0 Å². The van der Waals surface area contributed by atoms with Crippen LogP contribution in [0.5, 0.6) is 5.75 Å². The van der Waals surface area contributed by atoms with Crippen LogP contribution in [0, 0.1) is 13.8 Å². The first-order valence-electron chi connectivity index (χ1n) is 11.4. The summed E-state index contributed by atoms with van der Waals surface area (Å²) in [6.45, 7) is 3.75. The molecule has 2 heterocycles. The highest BCUT2D eigenvalue weighted by molar-refractivity contribution is 6.06. The van der Waals surface area contributed by atoms with Crippen molar-refractivity contribution in [3.63, 3.8) is 0 Å². The Bertz CT molecular complexity index is 1600. The minimum Gasteiger partial charge on any atom is -0.482 e. The highest BCUT2D eigenvalue weighted by Crippen LogP contribution is 2.31. The van der Waals surface area contributed by atoms with Crippen molar-refractivity contribution in [1.82, 2.24) is 15.0 Å². The lowest BCUT2D eigenvalue weighted by Crippen LogP contribution is -2.12. The summed E-state index contributed by atoms with van der Waals surface area (Å²) in [6, 6.07) is 20.5. The number of pyridine rings is 1. The van der Waals surface area contributed by atoms with Crippen LogP contribution in [0.1, 0.15) is 21.5 Å². The maximum atomic E-state index is 12.9. The molecule has 5 rings (SSSR count). The van der Waals surface area contributed by atoms with Gasteiger partial charge in [-0.3, -0.25) is 4.79 Å². The number of ether oxygens (including phenoxy) is 2. The Balaban J connectivity index is 1.39. The van der Waals surface area contributed by atoms with Crippen molar-refractivity contribution in [2.75, 3.05) is 19.0 Å². The van der Waals surface area contributed by atoms with E-state index in [0.29, 0.717) is 23.0 Å². The molecular formula is C28H24N4O4. The quantitative estimate of drug-likeness (QED) is 0.324. The van der Waals surface area contributed by atoms with Gasteiger partial charge in [0.25, 0.3) is 5.91 Å². The van der Waals surface area contributed by atoms with Gasteiger partial charge in [0.1, 0.15) is 17.4 Å². The first-order chi connectivity index (χ1) is 17.4. The maximum absolute atomic E-state index is 12.9. The molecule has 0 aliphatic rings. The molecule has 0 atom stereocenters. The Morgan fingerprint density at radius 3 is 2.47 bits per heavy atom. The fourth-order valence-electron chi connectivity index (χ4n) is 4.18. The van der Waals surface area contributed by atoms with Crippen LogP contribution in [-0.4, -0.2) is 40.5 Å². The van der Waals surface area contributed by atoms with Crippen LogP contribution in [0.15, 0.2) is 66.7 Å². The number of imidazole rings is 1. The zero-order valence-corrected chi connectivity index (χ0v) is 20.1. The van der Waals surface area contributed by atoms with Crippen molar-refractivity contribution in [2.24, 2.45) is 0 Å². The molecule has 0 saturated heterocycles. The first-order valence-corrected chi connectivity index (χ1v) is 11.4. The molecular weight excluding hydrogens is 456 g/mol. The Labute approximate surface area is 207 Å². The summed E-state index contributed by atoms with van der Waals surface area (Å²) in [5, 5.41) is 3.88. The maximum Gasteiger partial charge on any atom is 0.343 e. The number of benzene rings is 3. The number of fused-ring (bicyclic) bond motifs is 2. The first kappa shape index (κ1) is 23.0. The van der Waals surface area contributed by atoms with Crippen molar-refractivity contribution in [3.8, 4) is 17.1 Å². The van der Waals surface area contributed by atoms with E-state index >= 15 is 0 Å². The second kappa shape index (κ2) is 9.50. The molecule has 0 spiro atoms. The van der Waals surface area contributed by atoms with E-state index in [1.165, 1.54) is 7.11 Å². The third-order valence-electron chi connectivity index (χ3n) is 5.91. The number of aryl methyl sites for hydroxylation is 2. The fraction of sp³-hybridized carbons (Fsp3) is 0.143. The normalized spacial score (nSPS) is 11.0. The van der Waals surface area contributed by atoms with Crippen LogP contribution in [0.25, 0.3) is 33.3 Å². The molecule has 3 aromatic carbocycles. The van der Waals surface area contributed by atoms with Crippen LogP contribution in [0.2, 0.25) is 0 Å². The molecule has 0 radical (unpaired) electrons. The number of hydrogen-bond donors (Lipinski definition) is 2. The number of anilines is 1. The molecule has 2 N–H and O–H groups in total. The van der Waals surface area contributed by atoms with Crippen LogP contribution in [-0.2, 0) is 9.53 Å². The smallest absolute Gasteiger partial charge is 0.343 e. The number of carbonyl (C=O) groups excluding carboxylic acids is 2. The zero-order valence-electron chi connectivity index (χ0n) is 20.1. The summed E-state index contributed by atoms with van der Waals surface area (Å²) < 4.78 is 10.2. The molecule has 0 aliphatic carbocycles. The molecule has 0 fully saturated rings. The van der Waals surface area contributed by atoms with Gasteiger partial charge in [0, 0.05) is 16.5 Å². The van der Waals surface area contributed by atoms with Gasteiger partial charge in [0.2, 0.25) is 0 Å². The molecule has 180 valence electrons. The highest BCUT2D eigenvalue weighted by atomic mass is 16.6. The molecule has 36 heavy (non-hydrogen) atoms. The third kappa shape index (κ3) is 4.61. The summed E-state index contributed by atoms with van der Waals surface area (Å²) in [7, 11) is 1.32. The zero-order chi connectivity index (χ0) is 25.2. The molecule has 0 saturated carbocycles. The molecule has 1 amide bonds. The van der Waals surface area contributed by atoms with E-state index in [1.54, 1.807) is 18.2 Å². The summed E-state index contributed by atoms with van der Waals surface area (Å²) in [4.78, 5) is 36.9. The van der Waals surface area contributed by atoms with Crippen LogP contribution in [0.3, 0.4) is 0 Å². The molecule has 5 aromatic rings. The molecule has 0 bridgehead atoms. The van der Waals surface area contributed by atoms with Gasteiger partial charge in [-0.25, -0.2) is 14.8 Å². The fourth-order valence-corrected chi connectivity index (χ4v) is 4.18. The van der Waals surface area contributed by atoms with E-state index in [0.717, 1.165) is 38.6 Å². The van der Waals surface area contributed by atoms with Gasteiger partial charge in [-0.2, -0.15) is 0 Å². The average molecular weight is 481 g/mol. The number of hydrogen-bond acceptors (Lipinski definition) is 6. The van der Waals surface area contributed by atoms with Crippen molar-refractivity contribution >= 4 is 39.6 Å². The van der Waals surface area contributed by atoms with Crippen LogP contribution >= 0.6 is 0 Å². The van der Waals surface area contributed by atoms with E-state index < -0.39 is 5.97 Å². The van der Waals surface area contributed by atoms with Gasteiger partial charge < -0.3 is 19.8 Å². The van der Waals surface area contributed by atoms with E-state index in [-0.39, 0.29) is 12.5 Å². The van der Waals surface area contributed by atoms with E-state index in [9.17, 15) is 9.59 Å². The van der Waals surface area contributed by atoms with Crippen LogP contribution in [0.4, 0.5) is 5.82 Å². The van der Waals surface area contributed by atoms with E-state index in [1.807, 2.05) is 62.4 Å². The summed E-state index contributed by atoms with van der Waals surface area (Å²) in [5.41, 5.74) is 5.61. The predicted octanol–water partition coefficient (Wildman–Crippen LogP) is 5.20. The van der Waals surface area contributed by atoms with Gasteiger partial charge >= 0.3 is 5.97 Å². The van der Waals surface area contributed by atoms with Gasteiger partial charge in [-0.15, -0.1) is 0 Å². The second-order valence-corrected chi connectivity index (χ2v) is 8.46. The standard InChI is InChI=1S/C28H24N4O4/c1-16-12-20(36-15-25(33)35-3)13-17(2)26(16)27-30-22-10-8-19(14-23(22)31-27)28(34)32-24-11-9-18-6-4-5-7-21(18)29-24/h4-14H,15H2,1-3H3,(H,30,31)(H,29,32,34). The SMILES string of the molecule is COC(=O)COc1cc(C)c(-c2nc3ccc(C(=O)Nc4ccc5ccccc5n4)cc3[nH]2)c(C)c1. The number of H-pyrrole nitrogens is 1. The van der Waals surface area contributed by atoms with Crippen molar-refractivity contribution < 1.29 is 19.1 Å². The Hall–Kier alpha value is -4.72. The Kier molecular flexibility index (Phi) is 6.08. The lowest BCUT2D eigenvalue weighted by molar-refractivity contribution is -0.142. The number of rotatable bonds is 6. The van der Waals surface area contributed by atoms with Crippen molar-refractivity contribution in [2.45, 2.75) is 13.8 Å². The summed E-state index contributed by atoms with van der Waals surface area (Å²) in [5.74, 6) is 1.06. The Morgan fingerprint density at radius 1 is 0.917 bits per heavy atom. The molecule has 0 aliphatic heterocycles. The van der Waals surface area contributed by atoms with Gasteiger partial charge in [-0.1, -0.05) is 18.2 Å². The monoisotopic (exact) mass is 480 g/mol. The van der Waals surface area contributed by atoms with Crippen LogP contribution < -0.4 is 10.1 Å². The number of aromatic nitrogens is 3. The van der Waals surface area contributed by atoms with Gasteiger partial charge in [-0.05, 0) is 73.5 Å². The number of esters is 1. The average Bonchev–Trinajstić information content (AvgIpc) is 3.29. The lowest BCUT2D eigenvalue weighted by Gasteiger charge is -2.11. The van der Waals surface area contributed by atoms with E-state index in [2.05, 4.69) is 20.0 Å². The third-order valence-corrected chi connectivity index (χ3v) is 5.91. The van der Waals surface area contributed by atoms with Gasteiger partial charge in [0.05, 0.1) is 23.7 Å². The minimum atomic E-state index is -0.442. The topological polar surface area (TPSA) is 106 Å². The summed E-state index contributed by atoms with van der Waals surface area (Å²) >= 11 is 0. The minimum absolute atomic E-state index is 0.154. The molecule has 2 aromatic heterocycles. The Morgan fingerprint density at radius 2 is 1.69 bits per heavy atom. The largest absolute Gasteiger partial charge is 0.482 e. The highest BCUT2D eigenvalue weighted by Gasteiger charge is 2.15.